The Balaban J connectivity index is 1.23. The lowest BCUT2D eigenvalue weighted by atomic mass is 9.87. The van der Waals surface area contributed by atoms with Crippen molar-refractivity contribution in [3.63, 3.8) is 0 Å². The number of alkyl carbamates (subject to hydrolysis) is 1. The van der Waals surface area contributed by atoms with Crippen LogP contribution in [0.2, 0.25) is 0 Å². The van der Waals surface area contributed by atoms with Gasteiger partial charge in [-0.05, 0) is 77.1 Å². The highest BCUT2D eigenvalue weighted by Gasteiger charge is 2.56. The average molecular weight is 696 g/mol. The molecular formula is C35H53N9O6. The van der Waals surface area contributed by atoms with Gasteiger partial charge in [0.15, 0.2) is 23.5 Å². The van der Waals surface area contributed by atoms with Crippen molar-refractivity contribution in [2.24, 2.45) is 0 Å². The summed E-state index contributed by atoms with van der Waals surface area (Å²) in [6.45, 7) is 18.4. The SMILES string of the molecule is CC(C)(C)OC(=O)NCCCCN(CCNC(=O)Nc1ccc(C(C)(C)C)cc1)C[C@H]1O[C@@H](n2cnc3c(N)ncnc32)[C@@H]2OC(C)(C)O[C@@H]21. The van der Waals surface area contributed by atoms with Crippen molar-refractivity contribution in [3.05, 3.63) is 42.5 Å². The zero-order valence-corrected chi connectivity index (χ0v) is 30.5. The summed E-state index contributed by atoms with van der Waals surface area (Å²) >= 11 is 0. The maximum Gasteiger partial charge on any atom is 0.407 e. The molecule has 0 bridgehead atoms. The number of ether oxygens (including phenoxy) is 4. The molecule has 15 heteroatoms. The van der Waals surface area contributed by atoms with Crippen LogP contribution in [-0.4, -0.2) is 99.0 Å². The molecule has 2 aromatic heterocycles. The maximum absolute atomic E-state index is 12.8. The van der Waals surface area contributed by atoms with E-state index in [2.05, 4.69) is 56.6 Å². The minimum atomic E-state index is -0.817. The number of rotatable bonds is 12. The minimum absolute atomic E-state index is 0.0272. The largest absolute Gasteiger partial charge is 0.444 e. The topological polar surface area (TPSA) is 180 Å². The number of nitrogens with two attached hydrogens (primary N) is 1. The Hall–Kier alpha value is -4.05. The van der Waals surface area contributed by atoms with E-state index >= 15 is 0 Å². The fraction of sp³-hybridized carbons (Fsp3) is 0.629. The molecule has 4 atom stereocenters. The normalized spacial score (nSPS) is 21.7. The molecule has 0 saturated carbocycles. The van der Waals surface area contributed by atoms with Gasteiger partial charge in [0.05, 0.1) is 6.33 Å². The second kappa shape index (κ2) is 15.1. The van der Waals surface area contributed by atoms with E-state index in [1.165, 1.54) is 11.9 Å². The lowest BCUT2D eigenvalue weighted by Gasteiger charge is -2.29. The van der Waals surface area contributed by atoms with Crippen molar-refractivity contribution in [2.45, 2.75) is 110 Å². The van der Waals surface area contributed by atoms with Crippen LogP contribution in [0.1, 0.15) is 80.0 Å². The van der Waals surface area contributed by atoms with E-state index in [4.69, 9.17) is 24.7 Å². The number of nitrogens with zero attached hydrogens (tertiary/aromatic N) is 5. The molecule has 0 unspecified atom stereocenters. The lowest BCUT2D eigenvalue weighted by molar-refractivity contribution is -0.198. The number of benzene rings is 1. The lowest BCUT2D eigenvalue weighted by Crippen LogP contribution is -2.44. The van der Waals surface area contributed by atoms with Gasteiger partial charge in [-0.25, -0.2) is 24.5 Å². The third-order valence-electron chi connectivity index (χ3n) is 8.52. The van der Waals surface area contributed by atoms with E-state index in [1.807, 2.05) is 63.5 Å². The molecule has 2 aliphatic rings. The number of carbonyl (C=O) groups is 2. The van der Waals surface area contributed by atoms with Gasteiger partial charge in [0.2, 0.25) is 0 Å². The van der Waals surface area contributed by atoms with Crippen molar-refractivity contribution >= 4 is 34.8 Å². The number of hydrogen-bond acceptors (Lipinski definition) is 11. The first kappa shape index (κ1) is 37.2. The van der Waals surface area contributed by atoms with Gasteiger partial charge in [-0.3, -0.25) is 9.47 Å². The standard InChI is InChI=1S/C35H53N9O6/c1-33(2,3)22-11-13-23(14-12-22)42-31(45)37-16-18-43(17-10-9-15-38-32(46)50-34(4,5)6)19-24-26-27(49-35(7,8)48-26)30(47-24)44-21-41-25-28(36)39-20-40-29(25)44/h11-14,20-21,24,26-27,30H,9-10,15-19H2,1-8H3,(H,38,46)(H2,36,39,40)(H2,37,42,45)/t24-,26-,27-,30-/m1/s1. The van der Waals surface area contributed by atoms with Crippen molar-refractivity contribution < 1.29 is 28.5 Å². The molecule has 2 saturated heterocycles. The average Bonchev–Trinajstić information content (AvgIpc) is 3.67. The number of carbonyl (C=O) groups excluding carboxylic acids is 2. The quantitative estimate of drug-likeness (QED) is 0.195. The first-order chi connectivity index (χ1) is 23.5. The predicted molar refractivity (Wildman–Crippen MR) is 190 cm³/mol. The molecule has 3 aromatic rings. The molecule has 4 heterocycles. The first-order valence-electron chi connectivity index (χ1n) is 17.3. The molecule has 15 nitrogen and oxygen atoms in total. The van der Waals surface area contributed by atoms with Crippen LogP contribution in [0.25, 0.3) is 11.2 Å². The summed E-state index contributed by atoms with van der Waals surface area (Å²) in [5.41, 5.74) is 8.48. The molecule has 2 aliphatic heterocycles. The van der Waals surface area contributed by atoms with Crippen LogP contribution < -0.4 is 21.7 Å². The van der Waals surface area contributed by atoms with Crippen LogP contribution in [0.15, 0.2) is 36.9 Å². The molecule has 50 heavy (non-hydrogen) atoms. The summed E-state index contributed by atoms with van der Waals surface area (Å²) in [5.74, 6) is -0.530. The number of nitrogens with one attached hydrogen (secondary N) is 3. The van der Waals surface area contributed by atoms with Gasteiger partial charge in [0, 0.05) is 31.9 Å². The Morgan fingerprint density at radius 2 is 1.68 bits per heavy atom. The summed E-state index contributed by atoms with van der Waals surface area (Å²) in [4.78, 5) is 40.1. The van der Waals surface area contributed by atoms with Gasteiger partial charge >= 0.3 is 12.1 Å². The first-order valence-corrected chi connectivity index (χ1v) is 17.3. The van der Waals surface area contributed by atoms with Gasteiger partial charge in [0.25, 0.3) is 0 Å². The Labute approximate surface area is 294 Å². The molecule has 0 radical (unpaired) electrons. The molecule has 274 valence electrons. The maximum atomic E-state index is 12.8. The van der Waals surface area contributed by atoms with Gasteiger partial charge in [0.1, 0.15) is 35.8 Å². The van der Waals surface area contributed by atoms with E-state index in [0.717, 1.165) is 18.5 Å². The van der Waals surface area contributed by atoms with Crippen LogP contribution >= 0.6 is 0 Å². The number of fused-ring (bicyclic) bond motifs is 2. The summed E-state index contributed by atoms with van der Waals surface area (Å²) in [6, 6.07) is 7.60. The van der Waals surface area contributed by atoms with Crippen LogP contribution in [0, 0.1) is 0 Å². The van der Waals surface area contributed by atoms with Crippen molar-refractivity contribution in [1.29, 1.82) is 0 Å². The number of nitrogen functional groups attached to an aromatic ring is 1. The highest BCUT2D eigenvalue weighted by Crippen LogP contribution is 2.44. The molecule has 2 fully saturated rings. The Morgan fingerprint density at radius 1 is 0.960 bits per heavy atom. The number of aromatic nitrogens is 4. The van der Waals surface area contributed by atoms with Gasteiger partial charge in [-0.15, -0.1) is 0 Å². The smallest absolute Gasteiger partial charge is 0.407 e. The monoisotopic (exact) mass is 695 g/mol. The molecule has 3 amide bonds. The number of hydrogen-bond donors (Lipinski definition) is 4. The van der Waals surface area contributed by atoms with E-state index in [9.17, 15) is 9.59 Å². The van der Waals surface area contributed by atoms with Crippen LogP contribution in [0.3, 0.4) is 0 Å². The number of amides is 3. The second-order valence-corrected chi connectivity index (χ2v) is 15.4. The highest BCUT2D eigenvalue weighted by atomic mass is 16.8. The Bertz CT molecular complexity index is 1620. The Kier molecular flexibility index (Phi) is 11.2. The van der Waals surface area contributed by atoms with Crippen molar-refractivity contribution in [1.82, 2.24) is 35.1 Å². The number of anilines is 2. The molecular weight excluding hydrogens is 642 g/mol. The minimum Gasteiger partial charge on any atom is -0.444 e. The summed E-state index contributed by atoms with van der Waals surface area (Å²) < 4.78 is 26.6. The third-order valence-corrected chi connectivity index (χ3v) is 8.52. The highest BCUT2D eigenvalue weighted by molar-refractivity contribution is 5.89. The predicted octanol–water partition coefficient (Wildman–Crippen LogP) is 4.55. The van der Waals surface area contributed by atoms with E-state index in [1.54, 1.807) is 6.33 Å². The van der Waals surface area contributed by atoms with E-state index in [0.29, 0.717) is 43.9 Å². The Morgan fingerprint density at radius 3 is 2.38 bits per heavy atom. The zero-order chi connectivity index (χ0) is 36.3. The van der Waals surface area contributed by atoms with Crippen LogP contribution in [0.5, 0.6) is 0 Å². The van der Waals surface area contributed by atoms with Crippen molar-refractivity contribution in [2.75, 3.05) is 43.8 Å². The van der Waals surface area contributed by atoms with Gasteiger partial charge in [-0.1, -0.05) is 32.9 Å². The van der Waals surface area contributed by atoms with Crippen molar-refractivity contribution in [3.8, 4) is 0 Å². The third kappa shape index (κ3) is 9.59. The number of urea groups is 1. The van der Waals surface area contributed by atoms with E-state index < -0.39 is 29.8 Å². The molecule has 5 rings (SSSR count). The number of unbranched alkanes of at least 4 members (excludes halogenated alkanes) is 1. The fourth-order valence-electron chi connectivity index (χ4n) is 6.16. The van der Waals surface area contributed by atoms with Gasteiger partial charge in [-0.2, -0.15) is 0 Å². The molecule has 1 aromatic carbocycles. The summed E-state index contributed by atoms with van der Waals surface area (Å²) in [7, 11) is 0. The molecule has 0 aliphatic carbocycles. The fourth-order valence-corrected chi connectivity index (χ4v) is 6.16. The zero-order valence-electron chi connectivity index (χ0n) is 30.5. The van der Waals surface area contributed by atoms with Gasteiger partial charge < -0.3 is 40.6 Å². The summed E-state index contributed by atoms with van der Waals surface area (Å²) in [6.07, 6.45) is 2.43. The van der Waals surface area contributed by atoms with Crippen LogP contribution in [0.4, 0.5) is 21.1 Å². The van der Waals surface area contributed by atoms with Crippen LogP contribution in [-0.2, 0) is 24.4 Å². The van der Waals surface area contributed by atoms with E-state index in [-0.39, 0.29) is 29.5 Å². The molecule has 5 N–H and O–H groups in total. The second-order valence-electron chi connectivity index (χ2n) is 15.4. The summed E-state index contributed by atoms with van der Waals surface area (Å²) in [5, 5.41) is 8.73. The molecule has 0 spiro atoms. The number of imidazole rings is 1.